The largest absolute Gasteiger partial charge is 0.264 e. The van der Waals surface area contributed by atoms with Gasteiger partial charge < -0.3 is 0 Å². The van der Waals surface area contributed by atoms with Crippen molar-refractivity contribution in [1.29, 1.82) is 0 Å². The van der Waals surface area contributed by atoms with Crippen LogP contribution in [-0.4, -0.2) is 9.97 Å². The quantitative estimate of drug-likeness (QED) is 0.170. The van der Waals surface area contributed by atoms with Gasteiger partial charge in [0.2, 0.25) is 0 Å². The summed E-state index contributed by atoms with van der Waals surface area (Å²) in [5, 5.41) is 7.58. The molecule has 0 amide bonds. The zero-order valence-corrected chi connectivity index (χ0v) is 28.8. The smallest absolute Gasteiger partial charge is 0.0753 e. The van der Waals surface area contributed by atoms with E-state index >= 15 is 0 Å². The molecule has 0 saturated carbocycles. The fourth-order valence-electron chi connectivity index (χ4n) is 9.62. The molecule has 7 aromatic carbocycles. The van der Waals surface area contributed by atoms with Gasteiger partial charge in [-0.25, -0.2) is 0 Å². The SMILES string of the molecule is c1cncc(-c2c3ccccc3c(-c3ccc4c(c3)C3(c5ccccc5-c5cc6sc7ccccc7c6cc53)c3cccnc3-4)c3ccccc23)c1. The van der Waals surface area contributed by atoms with Crippen LogP contribution in [0, 0.1) is 0 Å². The van der Waals surface area contributed by atoms with Gasteiger partial charge in [-0.2, -0.15) is 0 Å². The van der Waals surface area contributed by atoms with E-state index in [0.717, 1.165) is 11.3 Å². The summed E-state index contributed by atoms with van der Waals surface area (Å²) >= 11 is 1.89. The van der Waals surface area contributed by atoms with E-state index < -0.39 is 5.41 Å². The Labute approximate surface area is 304 Å². The van der Waals surface area contributed by atoms with Gasteiger partial charge in [-0.1, -0.05) is 115 Å². The molecule has 1 atom stereocenters. The number of pyridine rings is 2. The Morgan fingerprint density at radius 2 is 1.06 bits per heavy atom. The van der Waals surface area contributed by atoms with Gasteiger partial charge in [0.25, 0.3) is 0 Å². The minimum absolute atomic E-state index is 0.501. The van der Waals surface area contributed by atoms with Gasteiger partial charge in [0, 0.05) is 49.9 Å². The molecule has 1 spiro atoms. The van der Waals surface area contributed by atoms with E-state index in [9.17, 15) is 0 Å². The molecule has 3 aromatic heterocycles. The molecule has 0 radical (unpaired) electrons. The molecule has 0 fully saturated rings. The van der Waals surface area contributed by atoms with E-state index in [0.29, 0.717) is 0 Å². The van der Waals surface area contributed by atoms with Crippen LogP contribution in [0.25, 0.3) is 86.4 Å². The number of hydrogen-bond acceptors (Lipinski definition) is 3. The summed E-state index contributed by atoms with van der Waals surface area (Å²) in [4.78, 5) is 9.63. The summed E-state index contributed by atoms with van der Waals surface area (Å²) in [6, 6.07) is 56.4. The molecular weight excluding hydrogens is 649 g/mol. The van der Waals surface area contributed by atoms with Gasteiger partial charge in [0.05, 0.1) is 11.1 Å². The van der Waals surface area contributed by atoms with Crippen LogP contribution in [0.5, 0.6) is 0 Å². The first-order valence-electron chi connectivity index (χ1n) is 17.8. The molecule has 240 valence electrons. The lowest BCUT2D eigenvalue weighted by atomic mass is 9.70. The Kier molecular flexibility index (Phi) is 5.62. The lowest BCUT2D eigenvalue weighted by Crippen LogP contribution is -2.26. The average molecular weight is 677 g/mol. The second kappa shape index (κ2) is 10.3. The van der Waals surface area contributed by atoms with Crippen molar-refractivity contribution < 1.29 is 0 Å². The fourth-order valence-corrected chi connectivity index (χ4v) is 10.7. The lowest BCUT2D eigenvalue weighted by molar-refractivity contribution is 0.793. The molecule has 52 heavy (non-hydrogen) atoms. The van der Waals surface area contributed by atoms with Crippen molar-refractivity contribution in [1.82, 2.24) is 9.97 Å². The standard InChI is InChI=1S/C49H28N2S/c1-3-16-35-33(14-1)46(34-15-2-4-17-36(34)47(35)30-11-9-23-50-28-30)29-21-22-37-42(25-29)49(41-19-10-24-51-48(37)41)40-18-7-5-12-31(40)38-27-45-39(26-43(38)49)32-13-6-8-20-44(32)52-45/h1-28H. The molecule has 10 aromatic rings. The van der Waals surface area contributed by atoms with E-state index in [4.69, 9.17) is 4.98 Å². The topological polar surface area (TPSA) is 25.8 Å². The van der Waals surface area contributed by atoms with Crippen molar-refractivity contribution in [2.75, 3.05) is 0 Å². The first kappa shape index (κ1) is 28.3. The highest BCUT2D eigenvalue weighted by Gasteiger charge is 2.52. The summed E-state index contributed by atoms with van der Waals surface area (Å²) < 4.78 is 2.66. The Morgan fingerprint density at radius 1 is 0.404 bits per heavy atom. The minimum atomic E-state index is -0.501. The number of thiophene rings is 1. The predicted molar refractivity (Wildman–Crippen MR) is 217 cm³/mol. The maximum absolute atomic E-state index is 5.11. The molecule has 0 N–H and O–H groups in total. The third-order valence-electron chi connectivity index (χ3n) is 11.6. The minimum Gasteiger partial charge on any atom is -0.264 e. The van der Waals surface area contributed by atoms with Gasteiger partial charge >= 0.3 is 0 Å². The third kappa shape index (κ3) is 3.53. The second-order valence-electron chi connectivity index (χ2n) is 14.0. The molecule has 0 aliphatic heterocycles. The molecule has 1 unspecified atom stereocenters. The van der Waals surface area contributed by atoms with Crippen LogP contribution in [0.2, 0.25) is 0 Å². The van der Waals surface area contributed by atoms with Gasteiger partial charge in [-0.15, -0.1) is 11.3 Å². The maximum Gasteiger partial charge on any atom is 0.0753 e. The monoisotopic (exact) mass is 676 g/mol. The van der Waals surface area contributed by atoms with E-state index in [1.165, 1.54) is 97.4 Å². The van der Waals surface area contributed by atoms with Crippen molar-refractivity contribution in [3.63, 3.8) is 0 Å². The van der Waals surface area contributed by atoms with Crippen LogP contribution in [0.3, 0.4) is 0 Å². The van der Waals surface area contributed by atoms with E-state index in [2.05, 4.69) is 151 Å². The van der Waals surface area contributed by atoms with Crippen LogP contribution in [0.1, 0.15) is 22.3 Å². The fraction of sp³-hybridized carbons (Fsp3) is 0.0204. The summed E-state index contributed by atoms with van der Waals surface area (Å²) in [5.74, 6) is 0. The molecule has 3 heteroatoms. The average Bonchev–Trinajstić information content (AvgIpc) is 3.82. The molecule has 2 aliphatic rings. The Balaban J connectivity index is 1.21. The van der Waals surface area contributed by atoms with Crippen molar-refractivity contribution >= 4 is 53.1 Å². The summed E-state index contributed by atoms with van der Waals surface area (Å²) in [5.41, 5.74) is 14.5. The first-order valence-corrected chi connectivity index (χ1v) is 18.6. The number of hydrogen-bond donors (Lipinski definition) is 0. The number of aromatic nitrogens is 2. The Bertz CT molecular complexity index is 3080. The molecule has 0 bridgehead atoms. The summed E-state index contributed by atoms with van der Waals surface area (Å²) in [6.07, 6.45) is 5.78. The normalized spacial score (nSPS) is 15.4. The predicted octanol–water partition coefficient (Wildman–Crippen LogP) is 12.8. The second-order valence-corrected chi connectivity index (χ2v) is 15.1. The van der Waals surface area contributed by atoms with Gasteiger partial charge in [-0.3, -0.25) is 9.97 Å². The van der Waals surface area contributed by atoms with Crippen molar-refractivity contribution in [3.8, 4) is 44.6 Å². The molecular formula is C49H28N2S. The van der Waals surface area contributed by atoms with Crippen molar-refractivity contribution in [3.05, 3.63) is 193 Å². The molecule has 2 nitrogen and oxygen atoms in total. The summed E-state index contributed by atoms with van der Waals surface area (Å²) in [6.45, 7) is 0. The highest BCUT2D eigenvalue weighted by Crippen LogP contribution is 2.63. The number of rotatable bonds is 2. The Hall–Kier alpha value is -6.42. The van der Waals surface area contributed by atoms with Crippen LogP contribution in [0.15, 0.2) is 170 Å². The van der Waals surface area contributed by atoms with Crippen LogP contribution in [-0.2, 0) is 5.41 Å². The van der Waals surface area contributed by atoms with Crippen LogP contribution < -0.4 is 0 Å². The van der Waals surface area contributed by atoms with Crippen molar-refractivity contribution in [2.45, 2.75) is 5.41 Å². The first-order chi connectivity index (χ1) is 25.8. The maximum atomic E-state index is 5.11. The lowest BCUT2D eigenvalue weighted by Gasteiger charge is -2.30. The van der Waals surface area contributed by atoms with E-state index in [1.807, 2.05) is 36.0 Å². The van der Waals surface area contributed by atoms with Gasteiger partial charge in [-0.05, 0) is 108 Å². The highest BCUT2D eigenvalue weighted by molar-refractivity contribution is 7.25. The van der Waals surface area contributed by atoms with Crippen molar-refractivity contribution in [2.24, 2.45) is 0 Å². The Morgan fingerprint density at radius 3 is 1.83 bits per heavy atom. The van der Waals surface area contributed by atoms with Gasteiger partial charge in [0.1, 0.15) is 0 Å². The molecule has 3 heterocycles. The molecule has 12 rings (SSSR count). The summed E-state index contributed by atoms with van der Waals surface area (Å²) in [7, 11) is 0. The highest BCUT2D eigenvalue weighted by atomic mass is 32.1. The zero-order valence-electron chi connectivity index (χ0n) is 28.0. The van der Waals surface area contributed by atoms with Crippen LogP contribution in [0.4, 0.5) is 0 Å². The van der Waals surface area contributed by atoms with Crippen LogP contribution >= 0.6 is 11.3 Å². The number of nitrogens with zero attached hydrogens (tertiary/aromatic N) is 2. The number of benzene rings is 7. The van der Waals surface area contributed by atoms with E-state index in [1.54, 1.807) is 0 Å². The molecule has 2 aliphatic carbocycles. The third-order valence-corrected chi connectivity index (χ3v) is 12.7. The van der Waals surface area contributed by atoms with E-state index in [-0.39, 0.29) is 0 Å². The zero-order chi connectivity index (χ0) is 34.0. The number of fused-ring (bicyclic) bond motifs is 15. The molecule has 0 saturated heterocycles. The van der Waals surface area contributed by atoms with Gasteiger partial charge in [0.15, 0.2) is 0 Å².